The number of rotatable bonds is 4. The molecule has 1 N–H and O–H groups in total. The minimum Gasteiger partial charge on any atom is -0.326 e. The summed E-state index contributed by atoms with van der Waals surface area (Å²) in [4.78, 5) is 14.4. The average Bonchev–Trinajstić information content (AvgIpc) is 2.62. The van der Waals surface area contributed by atoms with Gasteiger partial charge in [0.15, 0.2) is 0 Å². The lowest BCUT2D eigenvalue weighted by molar-refractivity contribution is -0.138. The molecule has 0 saturated carbocycles. The van der Waals surface area contributed by atoms with Crippen LogP contribution in [-0.2, 0) is 17.5 Å². The fraction of sp³-hybridized carbons (Fsp3) is 0.350. The molecule has 0 radical (unpaired) electrons. The van der Waals surface area contributed by atoms with Gasteiger partial charge in [-0.15, -0.1) is 0 Å². The molecule has 26 heavy (non-hydrogen) atoms. The Morgan fingerprint density at radius 1 is 1.08 bits per heavy atom. The molecule has 2 aromatic carbocycles. The summed E-state index contributed by atoms with van der Waals surface area (Å²) in [6.07, 6.45) is -2.83. The van der Waals surface area contributed by atoms with Gasteiger partial charge in [-0.05, 0) is 43.1 Å². The highest BCUT2D eigenvalue weighted by molar-refractivity contribution is 5.92. The molecule has 0 spiro atoms. The highest BCUT2D eigenvalue weighted by Crippen LogP contribution is 2.33. The second-order valence-electron chi connectivity index (χ2n) is 6.58. The number of para-hydroxylation sites is 1. The van der Waals surface area contributed by atoms with Crippen LogP contribution in [0, 0.1) is 5.92 Å². The molecule has 1 aliphatic rings. The Labute approximate surface area is 150 Å². The van der Waals surface area contributed by atoms with E-state index in [2.05, 4.69) is 5.32 Å². The van der Waals surface area contributed by atoms with E-state index in [1.807, 2.05) is 35.2 Å². The molecule has 3 nitrogen and oxygen atoms in total. The van der Waals surface area contributed by atoms with Gasteiger partial charge in [-0.2, -0.15) is 13.2 Å². The van der Waals surface area contributed by atoms with Gasteiger partial charge in [-0.3, -0.25) is 9.69 Å². The van der Waals surface area contributed by atoms with E-state index in [1.54, 1.807) is 6.07 Å². The van der Waals surface area contributed by atoms with Gasteiger partial charge in [0.05, 0.1) is 11.5 Å². The first-order valence-electron chi connectivity index (χ1n) is 8.67. The zero-order valence-electron chi connectivity index (χ0n) is 14.3. The third kappa shape index (κ3) is 4.64. The van der Waals surface area contributed by atoms with Crippen LogP contribution in [0.15, 0.2) is 54.6 Å². The Morgan fingerprint density at radius 3 is 2.50 bits per heavy atom. The van der Waals surface area contributed by atoms with Crippen molar-refractivity contribution in [2.75, 3.05) is 18.4 Å². The number of amides is 1. The Bertz CT molecular complexity index is 746. The lowest BCUT2D eigenvalue weighted by Crippen LogP contribution is -2.40. The summed E-state index contributed by atoms with van der Waals surface area (Å²) in [5.74, 6) is -0.299. The zero-order valence-corrected chi connectivity index (χ0v) is 14.3. The molecular formula is C20H21F3N2O. The third-order valence-electron chi connectivity index (χ3n) is 4.63. The van der Waals surface area contributed by atoms with Crippen molar-refractivity contribution in [2.45, 2.75) is 25.6 Å². The summed E-state index contributed by atoms with van der Waals surface area (Å²) in [5.41, 5.74) is 0.386. The van der Waals surface area contributed by atoms with Gasteiger partial charge in [-0.1, -0.05) is 36.4 Å². The fourth-order valence-corrected chi connectivity index (χ4v) is 3.35. The summed E-state index contributed by atoms with van der Waals surface area (Å²) < 4.78 is 39.5. The van der Waals surface area contributed by atoms with Gasteiger partial charge in [0.25, 0.3) is 0 Å². The predicted molar refractivity (Wildman–Crippen MR) is 94.5 cm³/mol. The van der Waals surface area contributed by atoms with E-state index in [9.17, 15) is 18.0 Å². The molecule has 1 atom stereocenters. The van der Waals surface area contributed by atoms with E-state index in [-0.39, 0.29) is 23.9 Å². The number of benzene rings is 2. The lowest BCUT2D eigenvalue weighted by Gasteiger charge is -2.32. The van der Waals surface area contributed by atoms with Crippen LogP contribution in [0.4, 0.5) is 18.9 Å². The van der Waals surface area contributed by atoms with Crippen molar-refractivity contribution in [3.63, 3.8) is 0 Å². The van der Waals surface area contributed by atoms with Crippen LogP contribution in [0.1, 0.15) is 24.0 Å². The van der Waals surface area contributed by atoms with Crippen LogP contribution in [-0.4, -0.2) is 23.9 Å². The van der Waals surface area contributed by atoms with Crippen LogP contribution in [0.2, 0.25) is 0 Å². The number of piperidine rings is 1. The molecule has 138 valence electrons. The average molecular weight is 362 g/mol. The molecule has 0 aliphatic carbocycles. The molecule has 6 heteroatoms. The van der Waals surface area contributed by atoms with E-state index in [1.165, 1.54) is 12.1 Å². The van der Waals surface area contributed by atoms with Crippen LogP contribution in [0.5, 0.6) is 0 Å². The highest BCUT2D eigenvalue weighted by atomic mass is 19.4. The summed E-state index contributed by atoms with van der Waals surface area (Å²) >= 11 is 0. The quantitative estimate of drug-likeness (QED) is 0.865. The Hall–Kier alpha value is -2.34. The molecule has 1 fully saturated rings. The number of nitrogens with one attached hydrogen (secondary N) is 1. The van der Waals surface area contributed by atoms with Crippen molar-refractivity contribution in [1.29, 1.82) is 0 Å². The number of hydrogen-bond acceptors (Lipinski definition) is 2. The number of anilines is 1. The maximum Gasteiger partial charge on any atom is 0.416 e. The molecule has 0 bridgehead atoms. The van der Waals surface area contributed by atoms with E-state index < -0.39 is 11.7 Å². The monoisotopic (exact) mass is 362 g/mol. The molecule has 3 rings (SSSR count). The van der Waals surface area contributed by atoms with E-state index in [0.717, 1.165) is 24.6 Å². The molecule has 1 aliphatic heterocycles. The zero-order chi connectivity index (χ0) is 18.6. The fourth-order valence-electron chi connectivity index (χ4n) is 3.35. The second kappa shape index (κ2) is 7.91. The number of carbonyl (C=O) groups excluding carboxylic acids is 1. The maximum absolute atomic E-state index is 13.2. The first-order valence-corrected chi connectivity index (χ1v) is 8.67. The molecule has 1 heterocycles. The summed E-state index contributed by atoms with van der Waals surface area (Å²) in [5, 5.41) is 2.89. The lowest BCUT2D eigenvalue weighted by atomic mass is 9.96. The first kappa shape index (κ1) is 18.5. The first-order chi connectivity index (χ1) is 12.4. The molecule has 2 aromatic rings. The van der Waals surface area contributed by atoms with Gasteiger partial charge in [0, 0.05) is 18.8 Å². The van der Waals surface area contributed by atoms with Crippen molar-refractivity contribution < 1.29 is 18.0 Å². The Kier molecular flexibility index (Phi) is 5.61. The highest BCUT2D eigenvalue weighted by Gasteiger charge is 2.34. The normalized spacial score (nSPS) is 18.5. The number of nitrogens with zero attached hydrogens (tertiary/aromatic N) is 1. The minimum absolute atomic E-state index is 0.0787. The molecular weight excluding hydrogens is 341 g/mol. The molecule has 0 aromatic heterocycles. The summed E-state index contributed by atoms with van der Waals surface area (Å²) in [7, 11) is 0. The van der Waals surface area contributed by atoms with Crippen molar-refractivity contribution in [1.82, 2.24) is 4.90 Å². The molecule has 1 unspecified atom stereocenters. The van der Waals surface area contributed by atoms with Gasteiger partial charge < -0.3 is 5.32 Å². The van der Waals surface area contributed by atoms with Crippen molar-refractivity contribution in [3.8, 4) is 0 Å². The van der Waals surface area contributed by atoms with Gasteiger partial charge in [-0.25, -0.2) is 0 Å². The largest absolute Gasteiger partial charge is 0.416 e. The summed E-state index contributed by atoms with van der Waals surface area (Å²) in [6, 6.07) is 14.8. The van der Waals surface area contributed by atoms with Crippen LogP contribution in [0.3, 0.4) is 0 Å². The van der Waals surface area contributed by atoms with Crippen molar-refractivity contribution in [3.05, 3.63) is 65.7 Å². The Balaban J connectivity index is 1.65. The SMILES string of the molecule is O=C(Nc1ccccc1)C1CCCN(Cc2ccccc2C(F)(F)F)C1. The number of halogens is 3. The van der Waals surface area contributed by atoms with Gasteiger partial charge >= 0.3 is 6.18 Å². The van der Waals surface area contributed by atoms with Gasteiger partial charge in [0.1, 0.15) is 0 Å². The van der Waals surface area contributed by atoms with Crippen LogP contribution < -0.4 is 5.32 Å². The number of hydrogen-bond donors (Lipinski definition) is 1. The second-order valence-corrected chi connectivity index (χ2v) is 6.58. The topological polar surface area (TPSA) is 32.3 Å². The van der Waals surface area contributed by atoms with Crippen LogP contribution >= 0.6 is 0 Å². The number of likely N-dealkylation sites (tertiary alicyclic amines) is 1. The minimum atomic E-state index is -4.36. The van der Waals surface area contributed by atoms with E-state index >= 15 is 0 Å². The molecule has 1 saturated heterocycles. The van der Waals surface area contributed by atoms with Crippen molar-refractivity contribution >= 4 is 11.6 Å². The molecule has 1 amide bonds. The van der Waals surface area contributed by atoms with Gasteiger partial charge in [0.2, 0.25) is 5.91 Å². The van der Waals surface area contributed by atoms with Crippen LogP contribution in [0.25, 0.3) is 0 Å². The Morgan fingerprint density at radius 2 is 1.77 bits per heavy atom. The number of alkyl halides is 3. The number of carbonyl (C=O) groups is 1. The maximum atomic E-state index is 13.2. The summed E-state index contributed by atoms with van der Waals surface area (Å²) in [6.45, 7) is 1.36. The third-order valence-corrected chi connectivity index (χ3v) is 4.63. The predicted octanol–water partition coefficient (Wildman–Crippen LogP) is 4.56. The standard InChI is InChI=1S/C20H21F3N2O/c21-20(22,23)18-11-5-4-7-15(18)13-25-12-6-8-16(14-25)19(26)24-17-9-2-1-3-10-17/h1-5,7,9-11,16H,6,8,12-14H2,(H,24,26). The van der Waals surface area contributed by atoms with E-state index in [4.69, 9.17) is 0 Å². The smallest absolute Gasteiger partial charge is 0.326 e. The van der Waals surface area contributed by atoms with Crippen molar-refractivity contribution in [2.24, 2.45) is 5.92 Å². The van der Waals surface area contributed by atoms with E-state index in [0.29, 0.717) is 13.1 Å².